The molecule has 1 unspecified atom stereocenters. The number of nitrogens with one attached hydrogen (secondary N) is 1. The predicted octanol–water partition coefficient (Wildman–Crippen LogP) is 1.92. The second-order valence-electron chi connectivity index (χ2n) is 5.73. The fourth-order valence-corrected chi connectivity index (χ4v) is 2.96. The van der Waals surface area contributed by atoms with Crippen LogP contribution in [0, 0.1) is 0 Å². The normalized spacial score (nSPS) is 16.9. The maximum Gasteiger partial charge on any atom is 0.254 e. The smallest absolute Gasteiger partial charge is 0.254 e. The lowest BCUT2D eigenvalue weighted by molar-refractivity contribution is -0.111. The van der Waals surface area contributed by atoms with Gasteiger partial charge >= 0.3 is 0 Å². The van der Waals surface area contributed by atoms with Crippen LogP contribution in [0.4, 0.5) is 5.69 Å². The van der Waals surface area contributed by atoms with Crippen LogP contribution in [0.25, 0.3) is 0 Å². The van der Waals surface area contributed by atoms with Crippen LogP contribution in [0.5, 0.6) is 0 Å². The van der Waals surface area contributed by atoms with Crippen molar-refractivity contribution >= 4 is 17.5 Å². The first-order valence-corrected chi connectivity index (χ1v) is 7.78. The molecule has 1 N–H and O–H groups in total. The first-order chi connectivity index (χ1) is 11.6. The van der Waals surface area contributed by atoms with E-state index in [-0.39, 0.29) is 17.9 Å². The molecule has 0 radical (unpaired) electrons. The Hall–Kier alpha value is -2.96. The summed E-state index contributed by atoms with van der Waals surface area (Å²) in [6, 6.07) is 6.84. The molecule has 1 saturated heterocycles. The zero-order valence-corrected chi connectivity index (χ0v) is 13.5. The van der Waals surface area contributed by atoms with Gasteiger partial charge in [0.05, 0.1) is 6.04 Å². The van der Waals surface area contributed by atoms with Crippen molar-refractivity contribution in [2.24, 2.45) is 7.05 Å². The monoisotopic (exact) mass is 325 g/mol. The summed E-state index contributed by atoms with van der Waals surface area (Å²) in [5, 5.41) is 10.7. The predicted molar refractivity (Wildman–Crippen MR) is 89.3 cm³/mol. The molecule has 2 heterocycles. The molecule has 7 heteroatoms. The Morgan fingerprint density at radius 3 is 2.96 bits per heavy atom. The Morgan fingerprint density at radius 1 is 1.42 bits per heavy atom. The third-order valence-electron chi connectivity index (χ3n) is 4.12. The molecule has 1 fully saturated rings. The van der Waals surface area contributed by atoms with Gasteiger partial charge in [-0.1, -0.05) is 12.6 Å². The molecule has 1 aromatic carbocycles. The number of aryl methyl sites for hydroxylation is 1. The Morgan fingerprint density at radius 2 is 2.25 bits per heavy atom. The molecule has 3 rings (SSSR count). The molecule has 2 amide bonds. The largest absolute Gasteiger partial charge is 0.328 e. The average molecular weight is 325 g/mol. The molecule has 0 saturated carbocycles. The third kappa shape index (κ3) is 3.05. The number of hydrogen-bond acceptors (Lipinski definition) is 4. The van der Waals surface area contributed by atoms with Crippen molar-refractivity contribution in [2.75, 3.05) is 11.9 Å². The van der Waals surface area contributed by atoms with Crippen molar-refractivity contribution in [3.63, 3.8) is 0 Å². The van der Waals surface area contributed by atoms with Crippen LogP contribution >= 0.6 is 0 Å². The Kier molecular flexibility index (Phi) is 4.41. The zero-order valence-electron chi connectivity index (χ0n) is 13.5. The van der Waals surface area contributed by atoms with E-state index in [9.17, 15) is 9.59 Å². The molecule has 24 heavy (non-hydrogen) atoms. The number of aromatic nitrogens is 3. The van der Waals surface area contributed by atoms with Gasteiger partial charge in [0.1, 0.15) is 6.33 Å². The second-order valence-corrected chi connectivity index (χ2v) is 5.73. The molecule has 0 bridgehead atoms. The summed E-state index contributed by atoms with van der Waals surface area (Å²) < 4.78 is 1.84. The Bertz CT molecular complexity index is 783. The van der Waals surface area contributed by atoms with Crippen molar-refractivity contribution in [2.45, 2.75) is 18.9 Å². The summed E-state index contributed by atoms with van der Waals surface area (Å²) in [5.74, 6) is 0.407. The highest BCUT2D eigenvalue weighted by Gasteiger charge is 2.33. The molecule has 7 nitrogen and oxygen atoms in total. The quantitative estimate of drug-likeness (QED) is 0.871. The van der Waals surface area contributed by atoms with Crippen LogP contribution in [-0.2, 0) is 11.8 Å². The highest BCUT2D eigenvalue weighted by molar-refractivity contribution is 6.00. The lowest BCUT2D eigenvalue weighted by Crippen LogP contribution is -2.31. The molecule has 1 aliphatic heterocycles. The van der Waals surface area contributed by atoms with Crippen LogP contribution in [0.15, 0.2) is 43.2 Å². The summed E-state index contributed by atoms with van der Waals surface area (Å²) in [7, 11) is 1.88. The fraction of sp³-hybridized carbons (Fsp3) is 0.294. The maximum absolute atomic E-state index is 12.9. The lowest BCUT2D eigenvalue weighted by atomic mass is 10.1. The topological polar surface area (TPSA) is 80.1 Å². The molecule has 1 aliphatic rings. The van der Waals surface area contributed by atoms with Crippen molar-refractivity contribution < 1.29 is 9.59 Å². The fourth-order valence-electron chi connectivity index (χ4n) is 2.96. The first kappa shape index (κ1) is 15.9. The number of anilines is 1. The van der Waals surface area contributed by atoms with Crippen molar-refractivity contribution in [1.29, 1.82) is 0 Å². The van der Waals surface area contributed by atoms with Gasteiger partial charge in [-0.05, 0) is 37.1 Å². The van der Waals surface area contributed by atoms with Crippen molar-refractivity contribution in [1.82, 2.24) is 19.7 Å². The molecular weight excluding hydrogens is 306 g/mol. The van der Waals surface area contributed by atoms with Gasteiger partial charge in [-0.15, -0.1) is 10.2 Å². The van der Waals surface area contributed by atoms with Gasteiger partial charge < -0.3 is 14.8 Å². The van der Waals surface area contributed by atoms with Gasteiger partial charge in [0, 0.05) is 24.8 Å². The lowest BCUT2D eigenvalue weighted by Gasteiger charge is -2.24. The van der Waals surface area contributed by atoms with Gasteiger partial charge in [-0.25, -0.2) is 0 Å². The zero-order chi connectivity index (χ0) is 17.1. The summed E-state index contributed by atoms with van der Waals surface area (Å²) in [6.45, 7) is 4.10. The van der Waals surface area contributed by atoms with Gasteiger partial charge in [0.2, 0.25) is 5.91 Å². The van der Waals surface area contributed by atoms with Gasteiger partial charge in [-0.3, -0.25) is 9.59 Å². The minimum atomic E-state index is -0.308. The van der Waals surface area contributed by atoms with Gasteiger partial charge in [0.25, 0.3) is 5.91 Å². The SMILES string of the molecule is C=CC(=O)Nc1cccc(C(=O)N2CCCC2c2nncn2C)c1. The number of benzene rings is 1. The number of carbonyl (C=O) groups is 2. The maximum atomic E-state index is 12.9. The van der Waals surface area contributed by atoms with E-state index < -0.39 is 0 Å². The van der Waals surface area contributed by atoms with Gasteiger partial charge in [-0.2, -0.15) is 0 Å². The number of carbonyl (C=O) groups excluding carboxylic acids is 2. The summed E-state index contributed by atoms with van der Waals surface area (Å²) in [6.07, 6.45) is 4.63. The molecule has 0 spiro atoms. The van der Waals surface area contributed by atoms with E-state index >= 15 is 0 Å². The van der Waals surface area contributed by atoms with Crippen LogP contribution in [0.3, 0.4) is 0 Å². The third-order valence-corrected chi connectivity index (χ3v) is 4.12. The van der Waals surface area contributed by atoms with E-state index in [4.69, 9.17) is 0 Å². The number of hydrogen-bond donors (Lipinski definition) is 1. The molecule has 2 aromatic rings. The van der Waals surface area contributed by atoms with Crippen LogP contribution in [0.2, 0.25) is 0 Å². The standard InChI is InChI=1S/C17H19N5O2/c1-3-15(23)19-13-7-4-6-12(10-13)17(24)22-9-5-8-14(22)16-20-18-11-21(16)2/h3-4,6-7,10-11,14H,1,5,8-9H2,2H3,(H,19,23). The van der Waals surface area contributed by atoms with E-state index in [1.807, 2.05) is 16.5 Å². The Labute approximate surface area is 140 Å². The molecular formula is C17H19N5O2. The van der Waals surface area contributed by atoms with E-state index in [1.54, 1.807) is 30.6 Å². The van der Waals surface area contributed by atoms with Gasteiger partial charge in [0.15, 0.2) is 5.82 Å². The summed E-state index contributed by atoms with van der Waals surface area (Å²) in [4.78, 5) is 26.1. The minimum Gasteiger partial charge on any atom is -0.328 e. The van der Waals surface area contributed by atoms with E-state index in [1.165, 1.54) is 6.08 Å². The molecule has 1 atom stereocenters. The van der Waals surface area contributed by atoms with Crippen LogP contribution < -0.4 is 5.32 Å². The average Bonchev–Trinajstić information content (AvgIpc) is 3.22. The number of amides is 2. The van der Waals surface area contributed by atoms with E-state index in [2.05, 4.69) is 22.1 Å². The molecule has 1 aromatic heterocycles. The van der Waals surface area contributed by atoms with Crippen molar-refractivity contribution in [3.8, 4) is 0 Å². The second kappa shape index (κ2) is 6.66. The summed E-state index contributed by atoms with van der Waals surface area (Å²) >= 11 is 0. The molecule has 0 aliphatic carbocycles. The number of rotatable bonds is 4. The minimum absolute atomic E-state index is 0.0728. The van der Waals surface area contributed by atoms with Crippen LogP contribution in [-0.4, -0.2) is 38.0 Å². The van der Waals surface area contributed by atoms with Crippen molar-refractivity contribution in [3.05, 3.63) is 54.6 Å². The highest BCUT2D eigenvalue weighted by Crippen LogP contribution is 2.32. The number of likely N-dealkylation sites (tertiary alicyclic amines) is 1. The van der Waals surface area contributed by atoms with Crippen LogP contribution in [0.1, 0.15) is 35.1 Å². The number of nitrogens with zero attached hydrogens (tertiary/aromatic N) is 4. The van der Waals surface area contributed by atoms with E-state index in [0.717, 1.165) is 18.7 Å². The van der Waals surface area contributed by atoms with E-state index in [0.29, 0.717) is 17.8 Å². The Balaban J connectivity index is 1.83. The molecule has 124 valence electrons. The summed E-state index contributed by atoms with van der Waals surface area (Å²) in [5.41, 5.74) is 1.10. The highest BCUT2D eigenvalue weighted by atomic mass is 16.2. The first-order valence-electron chi connectivity index (χ1n) is 7.78.